The molecule has 0 aromatic carbocycles. The van der Waals surface area contributed by atoms with Crippen LogP contribution in [-0.4, -0.2) is 49.4 Å². The summed E-state index contributed by atoms with van der Waals surface area (Å²) in [6.07, 6.45) is 10.0. The van der Waals surface area contributed by atoms with Crippen LogP contribution in [0.2, 0.25) is 0 Å². The van der Waals surface area contributed by atoms with Gasteiger partial charge in [0.1, 0.15) is 11.5 Å². The molecule has 5 rings (SSSR count). The van der Waals surface area contributed by atoms with Gasteiger partial charge in [0.15, 0.2) is 11.6 Å². The molecule has 1 saturated carbocycles. The summed E-state index contributed by atoms with van der Waals surface area (Å²) in [6.45, 7) is 2.09. The van der Waals surface area contributed by atoms with Gasteiger partial charge >= 0.3 is 0 Å². The molecule has 0 amide bonds. The summed E-state index contributed by atoms with van der Waals surface area (Å²) in [4.78, 5) is 17.8. The van der Waals surface area contributed by atoms with Gasteiger partial charge in [-0.3, -0.25) is 20.8 Å². The van der Waals surface area contributed by atoms with Crippen molar-refractivity contribution in [3.8, 4) is 22.8 Å². The molecule has 1 fully saturated rings. The summed E-state index contributed by atoms with van der Waals surface area (Å²) in [6, 6.07) is 0.249. The fourth-order valence-corrected chi connectivity index (χ4v) is 5.09. The van der Waals surface area contributed by atoms with Crippen molar-refractivity contribution < 1.29 is 0 Å². The van der Waals surface area contributed by atoms with E-state index in [0.717, 1.165) is 42.0 Å². The highest BCUT2D eigenvalue weighted by molar-refractivity contribution is 7.07. The third-order valence-electron chi connectivity index (χ3n) is 5.97. The summed E-state index contributed by atoms with van der Waals surface area (Å²) in [5.41, 5.74) is 4.88. The largest absolute Gasteiger partial charge is 0.342 e. The van der Waals surface area contributed by atoms with Crippen molar-refractivity contribution in [2.45, 2.75) is 51.1 Å². The number of nitrogens with zero attached hydrogens (tertiary/aromatic N) is 6. The lowest BCUT2D eigenvalue weighted by Crippen LogP contribution is -2.56. The third kappa shape index (κ3) is 2.90. The van der Waals surface area contributed by atoms with Gasteiger partial charge in [-0.15, -0.1) is 11.3 Å². The molecule has 0 radical (unpaired) electrons. The number of aromatic nitrogens is 5. The quantitative estimate of drug-likeness (QED) is 0.424. The smallest absolute Gasteiger partial charge is 0.165 e. The molecule has 0 unspecified atom stereocenters. The van der Waals surface area contributed by atoms with Gasteiger partial charge in [-0.2, -0.15) is 5.10 Å². The van der Waals surface area contributed by atoms with Gasteiger partial charge in [0.05, 0.1) is 47.2 Å². The van der Waals surface area contributed by atoms with Crippen LogP contribution >= 0.6 is 11.3 Å². The van der Waals surface area contributed by atoms with E-state index in [4.69, 9.17) is 15.8 Å². The first-order chi connectivity index (χ1) is 14.7. The zero-order chi connectivity index (χ0) is 20.7. The Balaban J connectivity index is 1.66. The summed E-state index contributed by atoms with van der Waals surface area (Å²) < 4.78 is 0. The van der Waals surface area contributed by atoms with E-state index >= 15 is 0 Å². The van der Waals surface area contributed by atoms with E-state index < -0.39 is 0 Å². The van der Waals surface area contributed by atoms with E-state index in [1.54, 1.807) is 22.8 Å². The molecule has 10 heteroatoms. The molecule has 4 heterocycles. The van der Waals surface area contributed by atoms with Crippen LogP contribution in [0.15, 0.2) is 23.3 Å². The number of H-pyrrole nitrogens is 1. The zero-order valence-corrected chi connectivity index (χ0v) is 17.5. The molecule has 9 nitrogen and oxygen atoms in total. The maximum atomic E-state index is 8.71. The van der Waals surface area contributed by atoms with Crippen LogP contribution in [0, 0.1) is 10.8 Å². The molecule has 0 bridgehead atoms. The number of nitrogens with one attached hydrogen (secondary N) is 3. The Morgan fingerprint density at radius 3 is 2.80 bits per heavy atom. The van der Waals surface area contributed by atoms with Crippen molar-refractivity contribution in [1.29, 1.82) is 10.8 Å². The molecule has 3 aromatic heterocycles. The van der Waals surface area contributed by atoms with Gasteiger partial charge in [0, 0.05) is 11.4 Å². The molecule has 154 valence electrons. The second kappa shape index (κ2) is 7.60. The van der Waals surface area contributed by atoms with Gasteiger partial charge in [0.25, 0.3) is 0 Å². The van der Waals surface area contributed by atoms with E-state index in [1.165, 1.54) is 30.5 Å². The lowest BCUT2D eigenvalue weighted by Gasteiger charge is -2.45. The third-order valence-corrected chi connectivity index (χ3v) is 6.55. The number of fused-ring (bicyclic) bond motifs is 1. The molecule has 30 heavy (non-hydrogen) atoms. The fraction of sp³-hybridized carbons (Fsp3) is 0.400. The summed E-state index contributed by atoms with van der Waals surface area (Å²) in [5, 5.41) is 25.8. The standard InChI is InChI=1S/C20H23N9S/c1-2-15-18(22)28(10-21)16-8-23-19(26-20(16)29(15)12-5-3-4-6-12)13-7-25-27-17(13)14-9-30-11-24-14/h7-12,15,21-22H,2-6H2,1H3,(H,25,27)/t15-/m1/s1. The molecule has 1 atom stereocenters. The highest BCUT2D eigenvalue weighted by atomic mass is 32.1. The first-order valence-corrected chi connectivity index (χ1v) is 11.1. The minimum Gasteiger partial charge on any atom is -0.342 e. The maximum Gasteiger partial charge on any atom is 0.165 e. The Morgan fingerprint density at radius 2 is 2.10 bits per heavy atom. The van der Waals surface area contributed by atoms with Gasteiger partial charge < -0.3 is 4.90 Å². The van der Waals surface area contributed by atoms with Gasteiger partial charge in [0.2, 0.25) is 0 Å². The van der Waals surface area contributed by atoms with E-state index in [0.29, 0.717) is 23.4 Å². The first kappa shape index (κ1) is 18.9. The summed E-state index contributed by atoms with van der Waals surface area (Å²) in [7, 11) is 0. The second-order valence-corrected chi connectivity index (χ2v) is 8.31. The van der Waals surface area contributed by atoms with Crippen LogP contribution in [0.5, 0.6) is 0 Å². The van der Waals surface area contributed by atoms with Crippen LogP contribution in [0.4, 0.5) is 11.5 Å². The Labute approximate surface area is 178 Å². The van der Waals surface area contributed by atoms with Crippen molar-refractivity contribution in [2.24, 2.45) is 0 Å². The normalized spacial score (nSPS) is 19.4. The van der Waals surface area contributed by atoms with Crippen LogP contribution in [0.25, 0.3) is 22.8 Å². The van der Waals surface area contributed by atoms with E-state index in [-0.39, 0.29) is 6.04 Å². The Kier molecular flexibility index (Phi) is 4.78. The lowest BCUT2D eigenvalue weighted by atomic mass is 10.0. The second-order valence-electron chi connectivity index (χ2n) is 7.59. The van der Waals surface area contributed by atoms with Crippen LogP contribution in [0.3, 0.4) is 0 Å². The number of thiazole rings is 1. The van der Waals surface area contributed by atoms with Crippen molar-refractivity contribution in [2.75, 3.05) is 9.80 Å². The Bertz CT molecular complexity index is 1070. The average Bonchev–Trinajstić information content (AvgIpc) is 3.54. The topological polar surface area (TPSA) is 122 Å². The number of aromatic amines is 1. The van der Waals surface area contributed by atoms with E-state index in [9.17, 15) is 0 Å². The van der Waals surface area contributed by atoms with Crippen LogP contribution in [-0.2, 0) is 0 Å². The first-order valence-electron chi connectivity index (χ1n) is 10.2. The molecule has 0 saturated heterocycles. The van der Waals surface area contributed by atoms with Crippen LogP contribution < -0.4 is 9.80 Å². The van der Waals surface area contributed by atoms with E-state index in [2.05, 4.69) is 32.0 Å². The SMILES string of the molecule is CC[C@@H]1C(=N)N(C=N)c2cnc(-c3cn[nH]c3-c3cscn3)nc2N1C1CCCC1. The van der Waals surface area contributed by atoms with E-state index in [1.807, 2.05) is 5.38 Å². The zero-order valence-electron chi connectivity index (χ0n) is 16.7. The predicted molar refractivity (Wildman–Crippen MR) is 119 cm³/mol. The fourth-order valence-electron chi connectivity index (χ4n) is 4.55. The monoisotopic (exact) mass is 421 g/mol. The average molecular weight is 422 g/mol. The van der Waals surface area contributed by atoms with Crippen molar-refractivity contribution in [3.63, 3.8) is 0 Å². The predicted octanol–water partition coefficient (Wildman–Crippen LogP) is 3.92. The molecule has 1 aliphatic carbocycles. The number of anilines is 2. The van der Waals surface area contributed by atoms with Crippen molar-refractivity contribution >= 4 is 35.0 Å². The molecule has 0 spiro atoms. The molecular formula is C20H23N9S. The van der Waals surface area contributed by atoms with Gasteiger partial charge in [-0.25, -0.2) is 15.0 Å². The lowest BCUT2D eigenvalue weighted by molar-refractivity contribution is 0.548. The molecular weight excluding hydrogens is 398 g/mol. The molecule has 1 aliphatic heterocycles. The molecule has 3 N–H and O–H groups in total. The Hall–Kier alpha value is -3.14. The maximum absolute atomic E-state index is 8.71. The highest BCUT2D eigenvalue weighted by Crippen LogP contribution is 2.41. The number of amidine groups is 1. The summed E-state index contributed by atoms with van der Waals surface area (Å²) >= 11 is 1.53. The van der Waals surface area contributed by atoms with Crippen molar-refractivity contribution in [3.05, 3.63) is 23.3 Å². The number of hydrogen-bond acceptors (Lipinski definition) is 8. The minimum absolute atomic E-state index is 0.104. The van der Waals surface area contributed by atoms with Crippen LogP contribution in [0.1, 0.15) is 39.0 Å². The number of hydrogen-bond donors (Lipinski definition) is 3. The molecule has 2 aliphatic rings. The van der Waals surface area contributed by atoms with Gasteiger partial charge in [-0.1, -0.05) is 19.8 Å². The number of rotatable bonds is 5. The minimum atomic E-state index is -0.104. The van der Waals surface area contributed by atoms with Gasteiger partial charge in [-0.05, 0) is 19.3 Å². The Morgan fingerprint density at radius 1 is 1.27 bits per heavy atom. The highest BCUT2D eigenvalue weighted by Gasteiger charge is 2.40. The van der Waals surface area contributed by atoms with Crippen molar-refractivity contribution in [1.82, 2.24) is 25.1 Å². The molecule has 3 aromatic rings. The summed E-state index contributed by atoms with van der Waals surface area (Å²) in [5.74, 6) is 1.78.